The van der Waals surface area contributed by atoms with Crippen LogP contribution in [0.2, 0.25) is 0 Å². The Morgan fingerprint density at radius 3 is 2.95 bits per heavy atom. The van der Waals surface area contributed by atoms with Gasteiger partial charge in [-0.25, -0.2) is 4.98 Å². The highest BCUT2D eigenvalue weighted by Gasteiger charge is 2.35. The van der Waals surface area contributed by atoms with Gasteiger partial charge in [0.05, 0.1) is 17.4 Å². The Morgan fingerprint density at radius 1 is 1.35 bits per heavy atom. The van der Waals surface area contributed by atoms with E-state index in [-0.39, 0.29) is 5.91 Å². The molecule has 2 aromatic rings. The lowest BCUT2D eigenvalue weighted by Crippen LogP contribution is -2.57. The SMILES string of the molecule is O=C(N[C@H]1CN2CCC1CC2)c1cccc2[nH]cnc12. The number of piperidine rings is 3. The minimum absolute atomic E-state index is 0.00134. The van der Waals surface area contributed by atoms with Crippen LogP contribution in [0.1, 0.15) is 23.2 Å². The molecule has 1 atom stereocenters. The summed E-state index contributed by atoms with van der Waals surface area (Å²) in [5.74, 6) is 0.642. The lowest BCUT2D eigenvalue weighted by molar-refractivity contribution is 0.0621. The van der Waals surface area contributed by atoms with Crippen LogP contribution < -0.4 is 5.32 Å². The van der Waals surface area contributed by atoms with Crippen molar-refractivity contribution in [1.29, 1.82) is 0 Å². The van der Waals surface area contributed by atoms with Gasteiger partial charge in [0.1, 0.15) is 5.52 Å². The molecule has 104 valence electrons. The number of carbonyl (C=O) groups is 1. The Balaban J connectivity index is 1.57. The first-order valence-corrected chi connectivity index (χ1v) is 7.26. The maximum Gasteiger partial charge on any atom is 0.253 e. The zero-order chi connectivity index (χ0) is 13.5. The van der Waals surface area contributed by atoms with Crippen LogP contribution in [0.5, 0.6) is 0 Å². The molecule has 0 aliphatic carbocycles. The van der Waals surface area contributed by atoms with E-state index in [1.807, 2.05) is 18.2 Å². The van der Waals surface area contributed by atoms with Crippen molar-refractivity contribution in [1.82, 2.24) is 20.2 Å². The van der Waals surface area contributed by atoms with Crippen molar-refractivity contribution >= 4 is 16.9 Å². The number of H-pyrrole nitrogens is 1. The summed E-state index contributed by atoms with van der Waals surface area (Å²) < 4.78 is 0. The predicted octanol–water partition coefficient (Wildman–Crippen LogP) is 1.39. The Bertz CT molecular complexity index is 642. The largest absolute Gasteiger partial charge is 0.348 e. The van der Waals surface area contributed by atoms with Crippen LogP contribution in [0.3, 0.4) is 0 Å². The van der Waals surface area contributed by atoms with Crippen molar-refractivity contribution < 1.29 is 4.79 Å². The lowest BCUT2D eigenvalue weighted by Gasteiger charge is -2.44. The average Bonchev–Trinajstić information content (AvgIpc) is 2.96. The molecule has 5 heteroatoms. The number of rotatable bonds is 2. The standard InChI is InChI=1S/C15H18N4O/c20-15(11-2-1-3-12-14(11)17-9-16-12)18-13-8-19-6-4-10(13)5-7-19/h1-3,9-10,13H,4-8H2,(H,16,17)(H,18,20)/t13-/m0/s1. The van der Waals surface area contributed by atoms with Gasteiger partial charge in [0.25, 0.3) is 5.91 Å². The molecule has 20 heavy (non-hydrogen) atoms. The summed E-state index contributed by atoms with van der Waals surface area (Å²) in [5.41, 5.74) is 2.33. The molecule has 2 N–H and O–H groups in total. The number of benzene rings is 1. The summed E-state index contributed by atoms with van der Waals surface area (Å²) in [4.78, 5) is 22.3. The summed E-state index contributed by atoms with van der Waals surface area (Å²) in [6.45, 7) is 3.37. The van der Waals surface area contributed by atoms with Crippen molar-refractivity contribution in [3.05, 3.63) is 30.1 Å². The van der Waals surface area contributed by atoms with E-state index >= 15 is 0 Å². The molecule has 0 spiro atoms. The third-order valence-electron chi connectivity index (χ3n) is 4.67. The zero-order valence-corrected chi connectivity index (χ0v) is 11.3. The summed E-state index contributed by atoms with van der Waals surface area (Å²) in [5, 5.41) is 3.21. The number of fused-ring (bicyclic) bond motifs is 4. The van der Waals surface area contributed by atoms with E-state index in [9.17, 15) is 4.79 Å². The van der Waals surface area contributed by atoms with Crippen molar-refractivity contribution in [3.8, 4) is 0 Å². The Hall–Kier alpha value is -1.88. The summed E-state index contributed by atoms with van der Waals surface area (Å²) in [6.07, 6.45) is 4.05. The average molecular weight is 270 g/mol. The van der Waals surface area contributed by atoms with E-state index in [1.165, 1.54) is 25.9 Å². The van der Waals surface area contributed by atoms with Crippen molar-refractivity contribution in [2.45, 2.75) is 18.9 Å². The number of amides is 1. The molecule has 0 radical (unpaired) electrons. The van der Waals surface area contributed by atoms with Crippen molar-refractivity contribution in [2.75, 3.05) is 19.6 Å². The normalized spacial score (nSPS) is 28.7. The summed E-state index contributed by atoms with van der Waals surface area (Å²) in [7, 11) is 0. The van der Waals surface area contributed by atoms with Gasteiger partial charge in [-0.3, -0.25) is 4.79 Å². The molecule has 4 heterocycles. The van der Waals surface area contributed by atoms with Gasteiger partial charge in [-0.2, -0.15) is 0 Å². The van der Waals surface area contributed by atoms with Crippen LogP contribution in [0.15, 0.2) is 24.5 Å². The van der Waals surface area contributed by atoms with Gasteiger partial charge in [-0.05, 0) is 44.0 Å². The minimum atomic E-state index is 0.00134. The Labute approximate surface area is 117 Å². The van der Waals surface area contributed by atoms with Crippen LogP contribution in [0.25, 0.3) is 11.0 Å². The van der Waals surface area contributed by atoms with Gasteiger partial charge >= 0.3 is 0 Å². The molecule has 2 bridgehead atoms. The molecule has 3 aliphatic heterocycles. The van der Waals surface area contributed by atoms with Gasteiger partial charge in [-0.15, -0.1) is 0 Å². The lowest BCUT2D eigenvalue weighted by atomic mass is 9.84. The van der Waals surface area contributed by atoms with Crippen LogP contribution >= 0.6 is 0 Å². The first-order chi connectivity index (χ1) is 9.81. The van der Waals surface area contributed by atoms with Gasteiger partial charge in [0.2, 0.25) is 0 Å². The fourth-order valence-corrected chi connectivity index (χ4v) is 3.52. The molecule has 0 unspecified atom stereocenters. The third kappa shape index (κ3) is 1.89. The second-order valence-electron chi connectivity index (χ2n) is 5.82. The van der Waals surface area contributed by atoms with Gasteiger partial charge in [0.15, 0.2) is 0 Å². The number of imidazole rings is 1. The number of nitrogens with zero attached hydrogens (tertiary/aromatic N) is 2. The van der Waals surface area contributed by atoms with Gasteiger partial charge < -0.3 is 15.2 Å². The second kappa shape index (κ2) is 4.59. The van der Waals surface area contributed by atoms with Crippen LogP contribution in [0.4, 0.5) is 0 Å². The molecular formula is C15H18N4O. The maximum atomic E-state index is 12.5. The molecular weight excluding hydrogens is 252 g/mol. The molecule has 5 rings (SSSR count). The van der Waals surface area contributed by atoms with E-state index in [1.54, 1.807) is 6.33 Å². The van der Waals surface area contributed by atoms with Gasteiger partial charge in [0, 0.05) is 12.6 Å². The zero-order valence-electron chi connectivity index (χ0n) is 11.3. The van der Waals surface area contributed by atoms with Crippen LogP contribution in [0, 0.1) is 5.92 Å². The Morgan fingerprint density at radius 2 is 2.20 bits per heavy atom. The summed E-state index contributed by atoms with van der Waals surface area (Å²) in [6, 6.07) is 5.97. The second-order valence-corrected chi connectivity index (χ2v) is 5.82. The molecule has 0 saturated carbocycles. The number of hydrogen-bond acceptors (Lipinski definition) is 3. The number of aromatic amines is 1. The smallest absolute Gasteiger partial charge is 0.253 e. The quantitative estimate of drug-likeness (QED) is 0.867. The van der Waals surface area contributed by atoms with Crippen molar-refractivity contribution in [3.63, 3.8) is 0 Å². The third-order valence-corrected chi connectivity index (χ3v) is 4.67. The highest BCUT2D eigenvalue weighted by atomic mass is 16.1. The topological polar surface area (TPSA) is 61.0 Å². The van der Waals surface area contributed by atoms with Crippen LogP contribution in [-0.4, -0.2) is 46.5 Å². The highest BCUT2D eigenvalue weighted by Crippen LogP contribution is 2.27. The first-order valence-electron chi connectivity index (χ1n) is 7.26. The Kier molecular flexibility index (Phi) is 2.73. The molecule has 3 fully saturated rings. The van der Waals surface area contributed by atoms with Gasteiger partial charge in [-0.1, -0.05) is 6.07 Å². The molecule has 1 aromatic carbocycles. The summed E-state index contributed by atoms with van der Waals surface area (Å²) >= 11 is 0. The molecule has 5 nitrogen and oxygen atoms in total. The maximum absolute atomic E-state index is 12.5. The monoisotopic (exact) mass is 270 g/mol. The van der Waals surface area contributed by atoms with Crippen molar-refractivity contribution in [2.24, 2.45) is 5.92 Å². The van der Waals surface area contributed by atoms with E-state index in [2.05, 4.69) is 20.2 Å². The molecule has 3 aliphatic rings. The molecule has 1 amide bonds. The number of nitrogens with one attached hydrogen (secondary N) is 2. The van der Waals surface area contributed by atoms with E-state index in [4.69, 9.17) is 0 Å². The molecule has 1 aromatic heterocycles. The fraction of sp³-hybridized carbons (Fsp3) is 0.467. The minimum Gasteiger partial charge on any atom is -0.348 e. The number of hydrogen-bond donors (Lipinski definition) is 2. The van der Waals surface area contributed by atoms with Crippen LogP contribution in [-0.2, 0) is 0 Å². The van der Waals surface area contributed by atoms with E-state index in [0.717, 1.165) is 17.6 Å². The molecule has 3 saturated heterocycles. The first kappa shape index (κ1) is 11.9. The number of aromatic nitrogens is 2. The number of para-hydroxylation sites is 1. The van der Waals surface area contributed by atoms with E-state index < -0.39 is 0 Å². The fourth-order valence-electron chi connectivity index (χ4n) is 3.52. The van der Waals surface area contributed by atoms with E-state index in [0.29, 0.717) is 17.5 Å². The predicted molar refractivity (Wildman–Crippen MR) is 76.5 cm³/mol. The number of carbonyl (C=O) groups excluding carboxylic acids is 1. The highest BCUT2D eigenvalue weighted by molar-refractivity contribution is 6.04.